The van der Waals surface area contributed by atoms with Gasteiger partial charge < -0.3 is 15.2 Å². The van der Waals surface area contributed by atoms with Crippen molar-refractivity contribution in [3.05, 3.63) is 33.9 Å². The highest BCUT2D eigenvalue weighted by atomic mass is 79.9. The molecule has 10 heteroatoms. The number of aliphatic hydroxyl groups excluding tert-OH is 1. The lowest BCUT2D eigenvalue weighted by molar-refractivity contribution is 0.0569. The van der Waals surface area contributed by atoms with E-state index in [1.165, 1.54) is 6.20 Å². The second kappa shape index (κ2) is 8.51. The zero-order chi connectivity index (χ0) is 20.4. The quantitative estimate of drug-likeness (QED) is 0.581. The molecule has 0 radical (unpaired) electrons. The van der Waals surface area contributed by atoms with Crippen LogP contribution >= 0.6 is 15.9 Å². The van der Waals surface area contributed by atoms with Crippen molar-refractivity contribution in [3.63, 3.8) is 0 Å². The molecule has 0 aliphatic carbocycles. The summed E-state index contributed by atoms with van der Waals surface area (Å²) in [6.45, 7) is 6.90. The van der Waals surface area contributed by atoms with Crippen LogP contribution in [-0.2, 0) is 16.4 Å². The Morgan fingerprint density at radius 1 is 1.37 bits per heavy atom. The van der Waals surface area contributed by atoms with Crippen LogP contribution in [0.1, 0.15) is 31.9 Å². The molecule has 1 aromatic carbocycles. The number of aliphatic hydroxyl groups is 1. The monoisotopic (exact) mass is 458 g/mol. The molecule has 148 valence electrons. The summed E-state index contributed by atoms with van der Waals surface area (Å²) >= 11 is 3.32. The lowest BCUT2D eigenvalue weighted by Gasteiger charge is -2.18. The van der Waals surface area contributed by atoms with Crippen molar-refractivity contribution >= 4 is 37.6 Å². The van der Waals surface area contributed by atoms with E-state index in [9.17, 15) is 13.5 Å². The maximum absolute atomic E-state index is 11.8. The normalized spacial score (nSPS) is 13.9. The van der Waals surface area contributed by atoms with E-state index >= 15 is 0 Å². The summed E-state index contributed by atoms with van der Waals surface area (Å²) in [4.78, 5) is 8.63. The van der Waals surface area contributed by atoms with Crippen LogP contribution in [0.3, 0.4) is 0 Å². The molecule has 4 N–H and O–H groups in total. The fourth-order valence-corrected chi connectivity index (χ4v) is 3.85. The Bertz CT molecular complexity index is 935. The molecule has 27 heavy (non-hydrogen) atoms. The van der Waals surface area contributed by atoms with E-state index in [0.29, 0.717) is 27.7 Å². The maximum Gasteiger partial charge on any atom is 0.238 e. The number of nitrogens with one attached hydrogen (secondary N) is 1. The zero-order valence-electron chi connectivity index (χ0n) is 15.5. The average molecular weight is 459 g/mol. The van der Waals surface area contributed by atoms with Crippen molar-refractivity contribution in [3.8, 4) is 5.88 Å². The molecule has 2 atom stereocenters. The fourth-order valence-electron chi connectivity index (χ4n) is 2.49. The van der Waals surface area contributed by atoms with Gasteiger partial charge in [-0.25, -0.2) is 18.5 Å². The maximum atomic E-state index is 11.8. The third kappa shape index (κ3) is 5.38. The summed E-state index contributed by atoms with van der Waals surface area (Å²) in [6.07, 6.45) is 0.922. The Kier molecular flexibility index (Phi) is 6.79. The van der Waals surface area contributed by atoms with Gasteiger partial charge in [-0.1, -0.05) is 6.92 Å². The first-order valence-electron chi connectivity index (χ1n) is 8.33. The van der Waals surface area contributed by atoms with E-state index in [4.69, 9.17) is 9.88 Å². The van der Waals surface area contributed by atoms with Crippen molar-refractivity contribution < 1.29 is 18.3 Å². The smallest absolute Gasteiger partial charge is 0.238 e. The summed E-state index contributed by atoms with van der Waals surface area (Å²) in [5.41, 5.74) is 1.78. The molecule has 0 aliphatic rings. The second-order valence-corrected chi connectivity index (χ2v) is 8.57. The molecule has 2 aromatic rings. The predicted octanol–water partition coefficient (Wildman–Crippen LogP) is 2.65. The van der Waals surface area contributed by atoms with Crippen LogP contribution < -0.4 is 15.2 Å². The van der Waals surface area contributed by atoms with Crippen molar-refractivity contribution in [2.24, 2.45) is 5.14 Å². The number of hydrogen-bond donors (Lipinski definition) is 3. The van der Waals surface area contributed by atoms with Crippen LogP contribution in [-0.4, -0.2) is 35.7 Å². The first-order chi connectivity index (χ1) is 12.5. The Balaban J connectivity index is 2.36. The molecular weight excluding hydrogens is 436 g/mol. The third-order valence-corrected chi connectivity index (χ3v) is 5.66. The van der Waals surface area contributed by atoms with Crippen molar-refractivity contribution in [2.45, 2.75) is 51.2 Å². The van der Waals surface area contributed by atoms with Gasteiger partial charge in [-0.3, -0.25) is 0 Å². The number of rotatable bonds is 7. The molecule has 0 unspecified atom stereocenters. The van der Waals surface area contributed by atoms with Crippen LogP contribution in [0, 0.1) is 6.92 Å². The van der Waals surface area contributed by atoms with Crippen molar-refractivity contribution in [1.29, 1.82) is 0 Å². The highest BCUT2D eigenvalue weighted by molar-refractivity contribution is 9.10. The highest BCUT2D eigenvalue weighted by Gasteiger charge is 2.18. The highest BCUT2D eigenvalue weighted by Crippen LogP contribution is 2.28. The molecule has 2 rings (SSSR count). The van der Waals surface area contributed by atoms with Crippen LogP contribution in [0.25, 0.3) is 0 Å². The molecular formula is C17H23BrN4O4S. The number of ether oxygens (including phenoxy) is 1. The van der Waals surface area contributed by atoms with E-state index in [1.807, 2.05) is 6.92 Å². The van der Waals surface area contributed by atoms with Crippen LogP contribution in [0.4, 0.5) is 11.6 Å². The summed E-state index contributed by atoms with van der Waals surface area (Å²) in [6, 6.07) is 3.38. The Labute approximate surface area is 167 Å². The van der Waals surface area contributed by atoms with Gasteiger partial charge in [-0.15, -0.1) is 0 Å². The number of aryl methyl sites for hydroxylation is 2. The number of hydrogen-bond acceptors (Lipinski definition) is 7. The van der Waals surface area contributed by atoms with Crippen molar-refractivity contribution in [1.82, 2.24) is 9.97 Å². The van der Waals surface area contributed by atoms with Crippen LogP contribution in [0.15, 0.2) is 27.7 Å². The minimum absolute atomic E-state index is 0.141. The molecule has 0 amide bonds. The molecule has 0 aliphatic heterocycles. The summed E-state index contributed by atoms with van der Waals surface area (Å²) in [5.74, 6) is 0.560. The molecule has 1 heterocycles. The van der Waals surface area contributed by atoms with Gasteiger partial charge >= 0.3 is 0 Å². The predicted molar refractivity (Wildman–Crippen MR) is 107 cm³/mol. The number of benzene rings is 1. The molecule has 0 fully saturated rings. The number of nitrogens with two attached hydrogens (primary N) is 1. The van der Waals surface area contributed by atoms with Gasteiger partial charge in [0.1, 0.15) is 6.10 Å². The minimum Gasteiger partial charge on any atom is -0.471 e. The lowest BCUT2D eigenvalue weighted by Crippen LogP contribution is -2.26. The van der Waals surface area contributed by atoms with Gasteiger partial charge in [-0.05, 0) is 66.4 Å². The Hall–Kier alpha value is -1.75. The first kappa shape index (κ1) is 21.5. The third-order valence-electron chi connectivity index (χ3n) is 3.96. The number of aromatic nitrogens is 2. The molecule has 0 saturated carbocycles. The van der Waals surface area contributed by atoms with Gasteiger partial charge in [0, 0.05) is 5.69 Å². The summed E-state index contributed by atoms with van der Waals surface area (Å²) in [5, 5.41) is 18.0. The van der Waals surface area contributed by atoms with Gasteiger partial charge in [0.15, 0.2) is 0 Å². The van der Waals surface area contributed by atoms with Gasteiger partial charge in [0.05, 0.1) is 21.7 Å². The molecule has 0 saturated heterocycles. The van der Waals surface area contributed by atoms with E-state index in [-0.39, 0.29) is 16.7 Å². The largest absolute Gasteiger partial charge is 0.471 e. The number of primary sulfonamides is 1. The summed E-state index contributed by atoms with van der Waals surface area (Å²) < 4.78 is 29.9. The van der Waals surface area contributed by atoms with Crippen LogP contribution in [0.2, 0.25) is 0 Å². The number of sulfonamides is 1. The first-order valence-corrected chi connectivity index (χ1v) is 10.7. The standard InChI is InChI=1S/C17H23BrN4O4S/c1-5-12-7-13(6-9(2)15(12)27(19,24)25)21-17-20-8-14(18)16(22-17)26-11(4)10(3)23/h6-8,10-11,23H,5H2,1-4H3,(H2,19,24,25)(H,20,21,22)/t10-,11-/m1/s1. The second-order valence-electron chi connectivity index (χ2n) is 6.22. The van der Waals surface area contributed by atoms with E-state index < -0.39 is 22.2 Å². The Morgan fingerprint density at radius 3 is 2.59 bits per heavy atom. The van der Waals surface area contributed by atoms with E-state index in [1.54, 1.807) is 32.9 Å². The number of anilines is 2. The molecule has 1 aromatic heterocycles. The fraction of sp³-hybridized carbons (Fsp3) is 0.412. The van der Waals surface area contributed by atoms with Crippen molar-refractivity contribution in [2.75, 3.05) is 5.32 Å². The molecule has 0 spiro atoms. The average Bonchev–Trinajstić information content (AvgIpc) is 2.55. The molecule has 0 bridgehead atoms. The van der Waals surface area contributed by atoms with E-state index in [2.05, 4.69) is 31.2 Å². The molecule has 8 nitrogen and oxygen atoms in total. The topological polar surface area (TPSA) is 127 Å². The SMILES string of the molecule is CCc1cc(Nc2ncc(Br)c(O[C@H](C)[C@@H](C)O)n2)cc(C)c1S(N)(=O)=O. The van der Waals surface area contributed by atoms with Gasteiger partial charge in [-0.2, -0.15) is 4.98 Å². The minimum atomic E-state index is -3.81. The zero-order valence-corrected chi connectivity index (χ0v) is 17.9. The van der Waals surface area contributed by atoms with Gasteiger partial charge in [0.25, 0.3) is 0 Å². The number of halogens is 1. The number of nitrogens with zero attached hydrogens (tertiary/aromatic N) is 2. The van der Waals surface area contributed by atoms with E-state index in [0.717, 1.165) is 0 Å². The van der Waals surface area contributed by atoms with Crippen LogP contribution in [0.5, 0.6) is 5.88 Å². The van der Waals surface area contributed by atoms with Gasteiger partial charge in [0.2, 0.25) is 21.9 Å². The lowest BCUT2D eigenvalue weighted by atomic mass is 10.1. The summed E-state index contributed by atoms with van der Waals surface area (Å²) in [7, 11) is -3.81. The Morgan fingerprint density at radius 2 is 2.04 bits per heavy atom.